The van der Waals surface area contributed by atoms with Crippen molar-refractivity contribution in [2.45, 2.75) is 46.1 Å². The van der Waals surface area contributed by atoms with Gasteiger partial charge in [-0.25, -0.2) is 4.79 Å². The Morgan fingerprint density at radius 3 is 2.69 bits per heavy atom. The lowest BCUT2D eigenvalue weighted by molar-refractivity contribution is -0.125. The Bertz CT molecular complexity index is 1220. The third kappa shape index (κ3) is 4.54. The van der Waals surface area contributed by atoms with Gasteiger partial charge in [-0.2, -0.15) is 0 Å². The summed E-state index contributed by atoms with van der Waals surface area (Å²) in [6, 6.07) is 12.9. The average Bonchev–Trinajstić information content (AvgIpc) is 3.12. The van der Waals surface area contributed by atoms with Crippen LogP contribution in [0.25, 0.3) is 0 Å². The number of rotatable bonds is 8. The molecule has 4 atom stereocenters. The molecule has 0 saturated heterocycles. The number of hydrogen-bond acceptors (Lipinski definition) is 5. The van der Waals surface area contributed by atoms with Gasteiger partial charge in [-0.1, -0.05) is 82.8 Å². The van der Waals surface area contributed by atoms with E-state index in [1.165, 1.54) is 25.3 Å². The number of ether oxygens (including phenoxy) is 3. The molecule has 1 spiro atoms. The lowest BCUT2D eigenvalue weighted by Gasteiger charge is -2.42. The second-order valence-electron chi connectivity index (χ2n) is 9.05. The Kier molecular flexibility index (Phi) is 7.25. The van der Waals surface area contributed by atoms with Crippen molar-refractivity contribution < 1.29 is 23.8 Å². The zero-order chi connectivity index (χ0) is 24.6. The highest BCUT2D eigenvalue weighted by Crippen LogP contribution is 2.56. The highest BCUT2D eigenvalue weighted by atomic mass is 127. The standard InChI is InChI=1S/C28H26I2O5/c1-2-6-17(29)15-18(30)13-14-33-19-11-12-24-22(16-19)28(26-23(31)9-5-10-25(26)34-24)21-8-4-3-7-20(21)27(32)35-28/h3-5,7-12,16-18,26H,2,6,13-15H2,1H3. The molecule has 2 aromatic carbocycles. The molecule has 4 unspecified atom stereocenters. The number of alkyl halides is 2. The van der Waals surface area contributed by atoms with Gasteiger partial charge in [0.15, 0.2) is 11.4 Å². The summed E-state index contributed by atoms with van der Waals surface area (Å²) in [4.78, 5) is 26.1. The van der Waals surface area contributed by atoms with Crippen LogP contribution in [0, 0.1) is 5.92 Å². The van der Waals surface area contributed by atoms with Crippen LogP contribution < -0.4 is 9.47 Å². The van der Waals surface area contributed by atoms with E-state index in [2.05, 4.69) is 52.1 Å². The number of carbonyl (C=O) groups is 2. The number of hydrogen-bond donors (Lipinski definition) is 0. The largest absolute Gasteiger partial charge is 0.494 e. The normalized spacial score (nSPS) is 23.5. The van der Waals surface area contributed by atoms with Gasteiger partial charge in [0.25, 0.3) is 0 Å². The second kappa shape index (κ2) is 10.2. The minimum atomic E-state index is -1.28. The topological polar surface area (TPSA) is 61.8 Å². The highest BCUT2D eigenvalue weighted by Gasteiger charge is 2.60. The van der Waals surface area contributed by atoms with Gasteiger partial charge in [0.1, 0.15) is 23.2 Å². The minimum absolute atomic E-state index is 0.155. The van der Waals surface area contributed by atoms with Crippen molar-refractivity contribution in [2.24, 2.45) is 5.92 Å². The van der Waals surface area contributed by atoms with Gasteiger partial charge in [0, 0.05) is 19.0 Å². The number of ketones is 1. The smallest absolute Gasteiger partial charge is 0.339 e. The Balaban J connectivity index is 1.46. The molecule has 5 rings (SSSR count). The van der Waals surface area contributed by atoms with E-state index in [4.69, 9.17) is 14.2 Å². The maximum Gasteiger partial charge on any atom is 0.339 e. The summed E-state index contributed by atoms with van der Waals surface area (Å²) in [5.41, 5.74) is 0.513. The molecule has 7 heteroatoms. The molecule has 0 aromatic heterocycles. The molecular weight excluding hydrogens is 670 g/mol. The quantitative estimate of drug-likeness (QED) is 0.175. The molecule has 0 bridgehead atoms. The van der Waals surface area contributed by atoms with Gasteiger partial charge >= 0.3 is 5.97 Å². The predicted octanol–water partition coefficient (Wildman–Crippen LogP) is 6.70. The van der Waals surface area contributed by atoms with E-state index in [-0.39, 0.29) is 5.78 Å². The molecule has 2 heterocycles. The van der Waals surface area contributed by atoms with Gasteiger partial charge in [-0.3, -0.25) is 4.79 Å². The van der Waals surface area contributed by atoms with Crippen LogP contribution in [0.15, 0.2) is 66.5 Å². The lowest BCUT2D eigenvalue weighted by Crippen LogP contribution is -2.46. The molecule has 0 saturated carbocycles. The zero-order valence-electron chi connectivity index (χ0n) is 19.3. The number of carbonyl (C=O) groups excluding carboxylic acids is 2. The van der Waals surface area contributed by atoms with E-state index < -0.39 is 17.5 Å². The Hall–Kier alpha value is -1.88. The van der Waals surface area contributed by atoms with Gasteiger partial charge in [0.05, 0.1) is 12.2 Å². The van der Waals surface area contributed by atoms with Crippen LogP contribution in [0.2, 0.25) is 0 Å². The number of esters is 1. The van der Waals surface area contributed by atoms with Crippen molar-refractivity contribution in [1.29, 1.82) is 0 Å². The van der Waals surface area contributed by atoms with Crippen LogP contribution in [-0.4, -0.2) is 26.2 Å². The SMILES string of the molecule is CCCC(I)CC(I)CCOc1ccc2c(c1)C1(OC(=O)c3ccccc31)C1C(=O)C=CC=C1O2. The van der Waals surface area contributed by atoms with Gasteiger partial charge in [-0.05, 0) is 55.7 Å². The average molecular weight is 696 g/mol. The van der Waals surface area contributed by atoms with Gasteiger partial charge in [-0.15, -0.1) is 0 Å². The first kappa shape index (κ1) is 24.8. The second-order valence-corrected chi connectivity index (χ2v) is 12.6. The van der Waals surface area contributed by atoms with Crippen molar-refractivity contribution in [2.75, 3.05) is 6.61 Å². The maximum absolute atomic E-state index is 13.2. The maximum atomic E-state index is 13.2. The van der Waals surface area contributed by atoms with Crippen molar-refractivity contribution in [3.8, 4) is 11.5 Å². The molecule has 2 aromatic rings. The summed E-state index contributed by atoms with van der Waals surface area (Å²) >= 11 is 5.05. The fourth-order valence-corrected chi connectivity index (χ4v) is 8.19. The number of fused-ring (bicyclic) bond motifs is 6. The molecule has 0 fully saturated rings. The van der Waals surface area contributed by atoms with Crippen LogP contribution >= 0.6 is 45.2 Å². The predicted molar refractivity (Wildman–Crippen MR) is 151 cm³/mol. The van der Waals surface area contributed by atoms with E-state index in [1.54, 1.807) is 24.3 Å². The Labute approximate surface area is 232 Å². The summed E-state index contributed by atoms with van der Waals surface area (Å²) in [7, 11) is 0. The van der Waals surface area contributed by atoms with E-state index >= 15 is 0 Å². The first-order chi connectivity index (χ1) is 16.9. The molecular formula is C28H26I2O5. The number of benzene rings is 2. The third-order valence-electron chi connectivity index (χ3n) is 6.69. The van der Waals surface area contributed by atoms with E-state index in [0.717, 1.165) is 6.42 Å². The fraction of sp³-hybridized carbons (Fsp3) is 0.357. The van der Waals surface area contributed by atoms with Gasteiger partial charge < -0.3 is 14.2 Å². The summed E-state index contributed by atoms with van der Waals surface area (Å²) in [6.45, 7) is 2.81. The first-order valence-electron chi connectivity index (χ1n) is 11.9. The molecule has 0 radical (unpaired) electrons. The fourth-order valence-electron chi connectivity index (χ4n) is 5.11. The summed E-state index contributed by atoms with van der Waals surface area (Å²) in [6.07, 6.45) is 9.51. The number of halogens is 2. The molecule has 35 heavy (non-hydrogen) atoms. The Morgan fingerprint density at radius 2 is 1.86 bits per heavy atom. The first-order valence-corrected chi connectivity index (χ1v) is 14.4. The minimum Gasteiger partial charge on any atom is -0.494 e. The lowest BCUT2D eigenvalue weighted by atomic mass is 9.70. The molecule has 1 aliphatic carbocycles. The van der Waals surface area contributed by atoms with E-state index in [9.17, 15) is 9.59 Å². The highest BCUT2D eigenvalue weighted by molar-refractivity contribution is 14.1. The van der Waals surface area contributed by atoms with Crippen molar-refractivity contribution in [3.63, 3.8) is 0 Å². The van der Waals surface area contributed by atoms with Crippen LogP contribution in [0.5, 0.6) is 11.5 Å². The summed E-state index contributed by atoms with van der Waals surface area (Å²) in [5, 5.41) is 0. The van der Waals surface area contributed by atoms with Crippen molar-refractivity contribution in [1.82, 2.24) is 0 Å². The van der Waals surface area contributed by atoms with E-state index in [1.807, 2.05) is 30.3 Å². The van der Waals surface area contributed by atoms with Crippen LogP contribution in [-0.2, 0) is 15.1 Å². The van der Waals surface area contributed by atoms with Gasteiger partial charge in [0.2, 0.25) is 0 Å². The van der Waals surface area contributed by atoms with Crippen molar-refractivity contribution in [3.05, 3.63) is 83.1 Å². The number of allylic oxidation sites excluding steroid dienone is 3. The monoisotopic (exact) mass is 696 g/mol. The zero-order valence-corrected chi connectivity index (χ0v) is 23.7. The van der Waals surface area contributed by atoms with Crippen LogP contribution in [0.4, 0.5) is 0 Å². The molecule has 3 aliphatic rings. The summed E-state index contributed by atoms with van der Waals surface area (Å²) < 4.78 is 19.6. The van der Waals surface area contributed by atoms with E-state index in [0.29, 0.717) is 48.4 Å². The van der Waals surface area contributed by atoms with Crippen molar-refractivity contribution >= 4 is 56.9 Å². The molecule has 5 nitrogen and oxygen atoms in total. The summed E-state index contributed by atoms with van der Waals surface area (Å²) in [5.74, 6) is 0.344. The molecule has 182 valence electrons. The third-order valence-corrected chi connectivity index (χ3v) is 8.95. The Morgan fingerprint density at radius 1 is 1.06 bits per heavy atom. The van der Waals surface area contributed by atoms with Crippen LogP contribution in [0.1, 0.15) is 54.1 Å². The molecule has 2 aliphatic heterocycles. The van der Waals surface area contributed by atoms with Crippen LogP contribution in [0.3, 0.4) is 0 Å². The molecule has 0 N–H and O–H groups in total. The molecule has 0 amide bonds.